The Bertz CT molecular complexity index is 429. The molecule has 1 aromatic rings. The van der Waals surface area contributed by atoms with Crippen molar-refractivity contribution in [1.82, 2.24) is 0 Å². The third-order valence-corrected chi connectivity index (χ3v) is 4.63. The molecule has 1 saturated carbocycles. The van der Waals surface area contributed by atoms with Crippen LogP contribution in [0.3, 0.4) is 0 Å². The molecule has 0 heterocycles. The Morgan fingerprint density at radius 3 is 2.35 bits per heavy atom. The first-order valence-corrected chi connectivity index (χ1v) is 6.94. The zero-order chi connectivity index (χ0) is 12.6. The van der Waals surface area contributed by atoms with Crippen molar-refractivity contribution in [2.24, 2.45) is 5.41 Å². The van der Waals surface area contributed by atoms with Crippen molar-refractivity contribution in [2.45, 2.75) is 39.2 Å². The highest BCUT2D eigenvalue weighted by atomic mass is 35.5. The molecule has 0 aromatic heterocycles. The normalized spacial score (nSPS) is 22.8. The highest BCUT2D eigenvalue weighted by Crippen LogP contribution is 2.41. The van der Waals surface area contributed by atoms with Gasteiger partial charge in [-0.2, -0.15) is 0 Å². The second-order valence-corrected chi connectivity index (χ2v) is 6.55. The monoisotopic (exact) mass is 291 g/mol. The summed E-state index contributed by atoms with van der Waals surface area (Å²) >= 11 is 18.1. The van der Waals surface area contributed by atoms with Crippen LogP contribution in [0.5, 0.6) is 0 Å². The smallest absolute Gasteiger partial charge is 0.0653 e. The van der Waals surface area contributed by atoms with Gasteiger partial charge in [-0.05, 0) is 30.4 Å². The van der Waals surface area contributed by atoms with E-state index in [0.29, 0.717) is 26.5 Å². The zero-order valence-electron chi connectivity index (χ0n) is 9.99. The molecule has 1 aliphatic carbocycles. The van der Waals surface area contributed by atoms with E-state index in [4.69, 9.17) is 34.8 Å². The molecule has 0 amide bonds. The van der Waals surface area contributed by atoms with Crippen molar-refractivity contribution in [1.29, 1.82) is 0 Å². The second-order valence-electron chi connectivity index (χ2n) is 5.32. The van der Waals surface area contributed by atoms with Crippen molar-refractivity contribution in [3.63, 3.8) is 0 Å². The molecule has 0 radical (unpaired) electrons. The average Bonchev–Trinajstić information content (AvgIpc) is 2.55. The van der Waals surface area contributed by atoms with E-state index < -0.39 is 0 Å². The fourth-order valence-electron chi connectivity index (χ4n) is 2.42. The highest BCUT2D eigenvalue weighted by molar-refractivity contribution is 6.44. The maximum Gasteiger partial charge on any atom is 0.0653 e. The molecule has 0 bridgehead atoms. The van der Waals surface area contributed by atoms with Crippen LogP contribution in [-0.4, -0.2) is 6.04 Å². The summed E-state index contributed by atoms with van der Waals surface area (Å²) in [6.45, 7) is 4.56. The first-order chi connectivity index (χ1) is 7.90. The molecule has 1 aromatic carbocycles. The van der Waals surface area contributed by atoms with Gasteiger partial charge in [0.05, 0.1) is 20.8 Å². The number of benzene rings is 1. The lowest BCUT2D eigenvalue weighted by molar-refractivity contribution is 0.350. The van der Waals surface area contributed by atoms with Gasteiger partial charge in [0.1, 0.15) is 0 Å². The predicted octanol–water partition coefficient (Wildman–Crippen LogP) is 5.64. The first-order valence-electron chi connectivity index (χ1n) is 5.81. The van der Waals surface area contributed by atoms with Gasteiger partial charge in [0.25, 0.3) is 0 Å². The number of rotatable bonds is 2. The molecule has 1 nitrogen and oxygen atoms in total. The zero-order valence-corrected chi connectivity index (χ0v) is 12.3. The Kier molecular flexibility index (Phi) is 3.82. The van der Waals surface area contributed by atoms with E-state index in [-0.39, 0.29) is 0 Å². The van der Waals surface area contributed by atoms with Gasteiger partial charge >= 0.3 is 0 Å². The summed E-state index contributed by atoms with van der Waals surface area (Å²) < 4.78 is 0. The molecule has 4 heteroatoms. The van der Waals surface area contributed by atoms with Crippen LogP contribution in [-0.2, 0) is 0 Å². The van der Waals surface area contributed by atoms with Crippen molar-refractivity contribution in [2.75, 3.05) is 5.32 Å². The van der Waals surface area contributed by atoms with Gasteiger partial charge in [0, 0.05) is 6.04 Å². The van der Waals surface area contributed by atoms with E-state index in [1.807, 2.05) is 0 Å². The minimum atomic E-state index is 0.301. The molecule has 1 aliphatic rings. The average molecular weight is 293 g/mol. The molecule has 0 spiro atoms. The number of halogens is 3. The number of anilines is 1. The first kappa shape index (κ1) is 13.3. The third-order valence-electron chi connectivity index (χ3n) is 3.60. The molecule has 0 saturated heterocycles. The summed E-state index contributed by atoms with van der Waals surface area (Å²) in [5, 5.41) is 5.15. The van der Waals surface area contributed by atoms with Crippen LogP contribution in [0.4, 0.5) is 5.69 Å². The standard InChI is InChI=1S/C13H16Cl3N/c1-13(2)5-3-4-12(13)17-11-7-9(15)8(14)6-10(11)16/h6-7,12,17H,3-5H2,1-2H3. The van der Waals surface area contributed by atoms with Gasteiger partial charge in [-0.3, -0.25) is 0 Å². The van der Waals surface area contributed by atoms with Crippen molar-refractivity contribution in [3.05, 3.63) is 27.2 Å². The number of hydrogen-bond acceptors (Lipinski definition) is 1. The summed E-state index contributed by atoms with van der Waals surface area (Å²) in [5.74, 6) is 0. The van der Waals surface area contributed by atoms with Gasteiger partial charge in [-0.25, -0.2) is 0 Å². The van der Waals surface area contributed by atoms with Crippen LogP contribution in [0.2, 0.25) is 15.1 Å². The largest absolute Gasteiger partial charge is 0.381 e. The van der Waals surface area contributed by atoms with E-state index in [0.717, 1.165) is 5.69 Å². The van der Waals surface area contributed by atoms with E-state index in [1.54, 1.807) is 12.1 Å². The molecule has 1 unspecified atom stereocenters. The number of hydrogen-bond donors (Lipinski definition) is 1. The predicted molar refractivity (Wildman–Crippen MR) is 76.5 cm³/mol. The maximum absolute atomic E-state index is 6.17. The lowest BCUT2D eigenvalue weighted by atomic mass is 9.87. The van der Waals surface area contributed by atoms with Gasteiger partial charge in [-0.1, -0.05) is 55.1 Å². The lowest BCUT2D eigenvalue weighted by Gasteiger charge is -2.29. The van der Waals surface area contributed by atoms with Crippen LogP contribution in [0.1, 0.15) is 33.1 Å². The van der Waals surface area contributed by atoms with E-state index in [1.165, 1.54) is 19.3 Å². The minimum Gasteiger partial charge on any atom is -0.381 e. The Hall–Kier alpha value is -0.110. The van der Waals surface area contributed by atoms with Crippen LogP contribution in [0.15, 0.2) is 12.1 Å². The molecular formula is C13H16Cl3N. The second kappa shape index (κ2) is 4.87. The molecular weight excluding hydrogens is 277 g/mol. The van der Waals surface area contributed by atoms with Crippen molar-refractivity contribution < 1.29 is 0 Å². The van der Waals surface area contributed by atoms with Crippen LogP contribution >= 0.6 is 34.8 Å². The van der Waals surface area contributed by atoms with Crippen molar-refractivity contribution >= 4 is 40.5 Å². The molecule has 17 heavy (non-hydrogen) atoms. The van der Waals surface area contributed by atoms with Crippen LogP contribution in [0.25, 0.3) is 0 Å². The summed E-state index contributed by atoms with van der Waals surface area (Å²) in [7, 11) is 0. The van der Waals surface area contributed by atoms with E-state index >= 15 is 0 Å². The topological polar surface area (TPSA) is 12.0 Å². The van der Waals surface area contributed by atoms with Gasteiger partial charge in [-0.15, -0.1) is 0 Å². The van der Waals surface area contributed by atoms with E-state index in [9.17, 15) is 0 Å². The summed E-state index contributed by atoms with van der Waals surface area (Å²) in [6.07, 6.45) is 3.66. The molecule has 1 N–H and O–H groups in total. The van der Waals surface area contributed by atoms with Crippen LogP contribution in [0, 0.1) is 5.41 Å². The molecule has 0 aliphatic heterocycles. The summed E-state index contributed by atoms with van der Waals surface area (Å²) in [5.41, 5.74) is 1.18. The number of nitrogens with one attached hydrogen (secondary N) is 1. The van der Waals surface area contributed by atoms with E-state index in [2.05, 4.69) is 19.2 Å². The SMILES string of the molecule is CC1(C)CCCC1Nc1cc(Cl)c(Cl)cc1Cl. The minimum absolute atomic E-state index is 0.301. The van der Waals surface area contributed by atoms with Gasteiger partial charge < -0.3 is 5.32 Å². The lowest BCUT2D eigenvalue weighted by Crippen LogP contribution is -2.30. The van der Waals surface area contributed by atoms with Crippen LogP contribution < -0.4 is 5.32 Å². The third kappa shape index (κ3) is 2.83. The highest BCUT2D eigenvalue weighted by Gasteiger charge is 2.34. The molecule has 2 rings (SSSR count). The van der Waals surface area contributed by atoms with Gasteiger partial charge in [0.15, 0.2) is 0 Å². The Morgan fingerprint density at radius 2 is 1.76 bits per heavy atom. The molecule has 1 fully saturated rings. The Balaban J connectivity index is 2.22. The quantitative estimate of drug-likeness (QED) is 0.696. The summed E-state index contributed by atoms with van der Waals surface area (Å²) in [6, 6.07) is 3.94. The Labute approximate surface area is 117 Å². The molecule has 1 atom stereocenters. The summed E-state index contributed by atoms with van der Waals surface area (Å²) in [4.78, 5) is 0. The maximum atomic E-state index is 6.17. The fourth-order valence-corrected chi connectivity index (χ4v) is 3.02. The Morgan fingerprint density at radius 1 is 1.12 bits per heavy atom. The van der Waals surface area contributed by atoms with Crippen molar-refractivity contribution in [3.8, 4) is 0 Å². The molecule has 94 valence electrons. The van der Waals surface area contributed by atoms with Gasteiger partial charge in [0.2, 0.25) is 0 Å². The fraction of sp³-hybridized carbons (Fsp3) is 0.538.